The number of carbonyl (C=O) groups is 2. The van der Waals surface area contributed by atoms with Crippen molar-refractivity contribution in [1.82, 2.24) is 0 Å². The molecule has 10 nitrogen and oxygen atoms in total. The number of hydrogen-bond acceptors (Lipinski definition) is 8. The van der Waals surface area contributed by atoms with E-state index in [4.69, 9.17) is 13.9 Å². The lowest BCUT2D eigenvalue weighted by molar-refractivity contribution is -0.384. The molecule has 0 saturated heterocycles. The molecule has 1 N–H and O–H groups in total. The molecule has 142 valence electrons. The maximum Gasteiger partial charge on any atom is 0.342 e. The van der Waals surface area contributed by atoms with Crippen LogP contribution in [0.1, 0.15) is 21.7 Å². The molecule has 1 aromatic carbocycles. The molecule has 0 atom stereocenters. The van der Waals surface area contributed by atoms with Gasteiger partial charge in [0.1, 0.15) is 17.1 Å². The number of hydrogen-bond donors (Lipinski definition) is 1. The number of ether oxygens (including phenoxy) is 2. The van der Waals surface area contributed by atoms with Gasteiger partial charge in [0, 0.05) is 12.1 Å². The molecular weight excluding hydrogens is 360 g/mol. The molecule has 2 rings (SSSR count). The van der Waals surface area contributed by atoms with E-state index in [2.05, 4.69) is 5.32 Å². The molecule has 1 aromatic heterocycles. The standard InChI is InChI=1S/C17H16N2O8/c1-9-6-15(21)27-10(2)16(9)17(22)26-8-14(20)18-12-5-4-11(19(23)24)7-13(12)25-3/h4-7H,8H2,1-3H3,(H,18,20). The summed E-state index contributed by atoms with van der Waals surface area (Å²) >= 11 is 0. The van der Waals surface area contributed by atoms with Crippen LogP contribution in [0, 0.1) is 24.0 Å². The number of non-ortho nitro benzene ring substituents is 1. The summed E-state index contributed by atoms with van der Waals surface area (Å²) in [4.78, 5) is 45.6. The Morgan fingerprint density at radius 3 is 2.56 bits per heavy atom. The summed E-state index contributed by atoms with van der Waals surface area (Å²) in [5.41, 5.74) is -0.180. The first-order valence-corrected chi connectivity index (χ1v) is 7.63. The smallest absolute Gasteiger partial charge is 0.342 e. The monoisotopic (exact) mass is 376 g/mol. The lowest BCUT2D eigenvalue weighted by Gasteiger charge is -2.11. The van der Waals surface area contributed by atoms with Crippen molar-refractivity contribution in [3.8, 4) is 5.75 Å². The summed E-state index contributed by atoms with van der Waals surface area (Å²) in [6, 6.07) is 4.80. The fourth-order valence-electron chi connectivity index (χ4n) is 2.35. The maximum absolute atomic E-state index is 12.1. The average molecular weight is 376 g/mol. The predicted molar refractivity (Wildman–Crippen MR) is 93.0 cm³/mol. The first kappa shape index (κ1) is 19.6. The number of aryl methyl sites for hydroxylation is 2. The van der Waals surface area contributed by atoms with Crippen LogP contribution in [0.4, 0.5) is 11.4 Å². The number of benzene rings is 1. The van der Waals surface area contributed by atoms with Crippen LogP contribution >= 0.6 is 0 Å². The van der Waals surface area contributed by atoms with Crippen LogP contribution in [-0.4, -0.2) is 30.5 Å². The summed E-state index contributed by atoms with van der Waals surface area (Å²) in [5, 5.41) is 13.2. The zero-order chi connectivity index (χ0) is 20.1. The van der Waals surface area contributed by atoms with Crippen molar-refractivity contribution >= 4 is 23.3 Å². The summed E-state index contributed by atoms with van der Waals surface area (Å²) in [5.74, 6) is -1.33. The Labute approximate surface area is 152 Å². The SMILES string of the molecule is COc1cc([N+](=O)[O-])ccc1NC(=O)COC(=O)c1c(C)cc(=O)oc1C. The van der Waals surface area contributed by atoms with Gasteiger partial charge in [-0.3, -0.25) is 14.9 Å². The molecule has 27 heavy (non-hydrogen) atoms. The van der Waals surface area contributed by atoms with Crippen molar-refractivity contribution in [2.45, 2.75) is 13.8 Å². The van der Waals surface area contributed by atoms with Gasteiger partial charge in [0.15, 0.2) is 6.61 Å². The maximum atomic E-state index is 12.1. The Morgan fingerprint density at radius 1 is 1.26 bits per heavy atom. The van der Waals surface area contributed by atoms with Gasteiger partial charge in [-0.1, -0.05) is 0 Å². The van der Waals surface area contributed by atoms with E-state index in [1.165, 1.54) is 26.2 Å². The molecule has 1 heterocycles. The van der Waals surface area contributed by atoms with E-state index in [-0.39, 0.29) is 28.4 Å². The van der Waals surface area contributed by atoms with E-state index in [0.29, 0.717) is 5.56 Å². The third-order valence-electron chi connectivity index (χ3n) is 3.54. The van der Waals surface area contributed by atoms with Crippen molar-refractivity contribution < 1.29 is 28.4 Å². The molecule has 0 bridgehead atoms. The number of nitrogens with zero attached hydrogens (tertiary/aromatic N) is 1. The minimum absolute atomic E-state index is 0.0651. The second kappa shape index (κ2) is 8.13. The molecule has 0 aliphatic rings. The largest absolute Gasteiger partial charge is 0.494 e. The van der Waals surface area contributed by atoms with Crippen molar-refractivity contribution in [2.24, 2.45) is 0 Å². The molecule has 0 spiro atoms. The Kier molecular flexibility index (Phi) is 5.91. The van der Waals surface area contributed by atoms with Gasteiger partial charge >= 0.3 is 11.6 Å². The summed E-state index contributed by atoms with van der Waals surface area (Å²) in [7, 11) is 1.30. The van der Waals surface area contributed by atoms with Gasteiger partial charge < -0.3 is 19.2 Å². The number of methoxy groups -OCH3 is 1. The summed E-state index contributed by atoms with van der Waals surface area (Å²) in [6.45, 7) is 2.37. The van der Waals surface area contributed by atoms with Crippen molar-refractivity contribution in [3.63, 3.8) is 0 Å². The first-order valence-electron chi connectivity index (χ1n) is 7.63. The Bertz CT molecular complexity index is 938. The molecular formula is C17H16N2O8. The number of nitrogens with one attached hydrogen (secondary N) is 1. The van der Waals surface area contributed by atoms with Crippen LogP contribution in [-0.2, 0) is 9.53 Å². The number of anilines is 1. The Morgan fingerprint density at radius 2 is 1.96 bits per heavy atom. The topological polar surface area (TPSA) is 138 Å². The van der Waals surface area contributed by atoms with Crippen LogP contribution < -0.4 is 15.7 Å². The van der Waals surface area contributed by atoms with Crippen LogP contribution in [0.25, 0.3) is 0 Å². The molecule has 0 saturated carbocycles. The molecule has 0 unspecified atom stereocenters. The number of carbonyl (C=O) groups excluding carboxylic acids is 2. The predicted octanol–water partition coefficient (Wildman–Crippen LogP) is 1.97. The van der Waals surface area contributed by atoms with Crippen molar-refractivity contribution in [1.29, 1.82) is 0 Å². The molecule has 10 heteroatoms. The van der Waals surface area contributed by atoms with Gasteiger partial charge in [-0.05, 0) is 25.5 Å². The highest BCUT2D eigenvalue weighted by molar-refractivity contribution is 5.97. The Hall–Kier alpha value is -3.69. The van der Waals surface area contributed by atoms with E-state index >= 15 is 0 Å². The van der Waals surface area contributed by atoms with Crippen LogP contribution in [0.3, 0.4) is 0 Å². The first-order chi connectivity index (χ1) is 12.7. The van der Waals surface area contributed by atoms with E-state index in [9.17, 15) is 24.5 Å². The molecule has 0 aliphatic heterocycles. The van der Waals surface area contributed by atoms with Crippen LogP contribution in [0.2, 0.25) is 0 Å². The zero-order valence-corrected chi connectivity index (χ0v) is 14.7. The van der Waals surface area contributed by atoms with Crippen molar-refractivity contribution in [3.05, 3.63) is 61.7 Å². The van der Waals surface area contributed by atoms with Gasteiger partial charge in [0.05, 0.1) is 23.8 Å². The zero-order valence-electron chi connectivity index (χ0n) is 14.7. The summed E-state index contributed by atoms with van der Waals surface area (Å²) in [6.07, 6.45) is 0. The van der Waals surface area contributed by atoms with Gasteiger partial charge in [-0.2, -0.15) is 0 Å². The Balaban J connectivity index is 2.06. The van der Waals surface area contributed by atoms with Gasteiger partial charge in [0.25, 0.3) is 11.6 Å². The molecule has 1 amide bonds. The van der Waals surface area contributed by atoms with Crippen LogP contribution in [0.15, 0.2) is 33.5 Å². The normalized spacial score (nSPS) is 10.2. The van der Waals surface area contributed by atoms with Gasteiger partial charge in [0.2, 0.25) is 0 Å². The van der Waals surface area contributed by atoms with E-state index < -0.39 is 29.0 Å². The second-order valence-corrected chi connectivity index (χ2v) is 5.45. The number of nitro benzene ring substituents is 1. The quantitative estimate of drug-likeness (QED) is 0.459. The van der Waals surface area contributed by atoms with Gasteiger partial charge in [-0.15, -0.1) is 0 Å². The lowest BCUT2D eigenvalue weighted by atomic mass is 10.1. The minimum atomic E-state index is -0.820. The van der Waals surface area contributed by atoms with E-state index in [1.54, 1.807) is 6.92 Å². The number of nitro groups is 1. The lowest BCUT2D eigenvalue weighted by Crippen LogP contribution is -2.22. The number of amides is 1. The highest BCUT2D eigenvalue weighted by atomic mass is 16.6. The van der Waals surface area contributed by atoms with Crippen LogP contribution in [0.5, 0.6) is 5.75 Å². The number of rotatable bonds is 6. The summed E-state index contributed by atoms with van der Waals surface area (Å²) < 4.78 is 14.8. The minimum Gasteiger partial charge on any atom is -0.494 e. The third kappa shape index (κ3) is 4.69. The average Bonchev–Trinajstić information content (AvgIpc) is 2.59. The highest BCUT2D eigenvalue weighted by Gasteiger charge is 2.19. The number of esters is 1. The molecule has 0 aliphatic carbocycles. The fraction of sp³-hybridized carbons (Fsp3) is 0.235. The molecule has 0 radical (unpaired) electrons. The fourth-order valence-corrected chi connectivity index (χ4v) is 2.35. The van der Waals surface area contributed by atoms with E-state index in [1.807, 2.05) is 0 Å². The molecule has 0 fully saturated rings. The second-order valence-electron chi connectivity index (χ2n) is 5.45. The third-order valence-corrected chi connectivity index (χ3v) is 3.54. The van der Waals surface area contributed by atoms with E-state index in [0.717, 1.165) is 12.1 Å². The highest BCUT2D eigenvalue weighted by Crippen LogP contribution is 2.28. The van der Waals surface area contributed by atoms with Crippen molar-refractivity contribution in [2.75, 3.05) is 19.0 Å². The molecule has 2 aromatic rings. The van der Waals surface area contributed by atoms with Gasteiger partial charge in [-0.25, -0.2) is 9.59 Å².